The van der Waals surface area contributed by atoms with E-state index in [1.54, 1.807) is 7.11 Å². The second kappa shape index (κ2) is 11.6. The van der Waals surface area contributed by atoms with Gasteiger partial charge in [-0.2, -0.15) is 0 Å². The number of nitrogens with zero attached hydrogens (tertiary/aromatic N) is 2. The van der Waals surface area contributed by atoms with E-state index in [2.05, 4.69) is 29.3 Å². The molecule has 2 aliphatic heterocycles. The highest BCUT2D eigenvalue weighted by molar-refractivity contribution is 6.00. The first kappa shape index (κ1) is 26.5. The van der Waals surface area contributed by atoms with Gasteiger partial charge in [-0.15, -0.1) is 12.4 Å². The smallest absolute Gasteiger partial charge is 0.248 e. The Labute approximate surface area is 208 Å². The number of hydrogen-bond acceptors (Lipinski definition) is 5. The molecule has 0 bridgehead atoms. The SMILES string of the molecule is CCCCN1C(=O)[C@@H]([C@H](O)C2CC=CC2)NC(=O)C12CCN(Cc1ccc(OC)cc1)CC2.Cl. The number of benzene rings is 1. The maximum Gasteiger partial charge on any atom is 0.248 e. The summed E-state index contributed by atoms with van der Waals surface area (Å²) in [6.45, 7) is 4.95. The molecule has 0 radical (unpaired) electrons. The van der Waals surface area contributed by atoms with Crippen molar-refractivity contribution in [1.29, 1.82) is 0 Å². The Balaban J connectivity index is 0.00000324. The first-order valence-corrected chi connectivity index (χ1v) is 12.3. The summed E-state index contributed by atoms with van der Waals surface area (Å²) in [5.41, 5.74) is 0.388. The van der Waals surface area contributed by atoms with Crippen LogP contribution in [0.15, 0.2) is 36.4 Å². The van der Waals surface area contributed by atoms with Crippen LogP contribution in [0.5, 0.6) is 5.75 Å². The van der Waals surface area contributed by atoms with Crippen molar-refractivity contribution in [2.24, 2.45) is 5.92 Å². The molecule has 3 aliphatic rings. The maximum atomic E-state index is 13.6. The fourth-order valence-electron chi connectivity index (χ4n) is 5.47. The van der Waals surface area contributed by atoms with Gasteiger partial charge in [-0.25, -0.2) is 0 Å². The summed E-state index contributed by atoms with van der Waals surface area (Å²) >= 11 is 0. The average molecular weight is 492 g/mol. The number of hydrogen-bond donors (Lipinski definition) is 2. The lowest BCUT2D eigenvalue weighted by Gasteiger charge is -2.52. The van der Waals surface area contributed by atoms with Gasteiger partial charge < -0.3 is 20.1 Å². The molecular weight excluding hydrogens is 454 g/mol. The van der Waals surface area contributed by atoms with Crippen LogP contribution in [-0.2, 0) is 16.1 Å². The van der Waals surface area contributed by atoms with Crippen molar-refractivity contribution in [3.63, 3.8) is 0 Å². The Kier molecular flexibility index (Phi) is 9.01. The standard InChI is InChI=1S/C26H37N3O4.ClH/c1-3-4-15-29-24(31)22(23(30)20-7-5-6-8-20)27-25(32)26(29)13-16-28(17-14-26)18-19-9-11-21(33-2)12-10-19;/h5-6,9-12,20,22-23,30H,3-4,7-8,13-18H2,1-2H3,(H,27,32);1H/t22-,23-;/m1./s1. The Morgan fingerprint density at radius 3 is 2.38 bits per heavy atom. The predicted molar refractivity (Wildman–Crippen MR) is 134 cm³/mol. The summed E-state index contributed by atoms with van der Waals surface area (Å²) in [5.74, 6) is 0.612. The third kappa shape index (κ3) is 5.26. The number of piperazine rings is 1. The Morgan fingerprint density at radius 1 is 1.15 bits per heavy atom. The predicted octanol–water partition coefficient (Wildman–Crippen LogP) is 2.91. The zero-order chi connectivity index (χ0) is 23.4. The van der Waals surface area contributed by atoms with Gasteiger partial charge in [-0.05, 0) is 55.7 Å². The number of ether oxygens (including phenoxy) is 1. The van der Waals surface area contributed by atoms with Gasteiger partial charge in [0, 0.05) is 26.2 Å². The molecule has 2 fully saturated rings. The van der Waals surface area contributed by atoms with Crippen LogP contribution in [0.1, 0.15) is 51.0 Å². The van der Waals surface area contributed by atoms with Crippen LogP contribution in [0.3, 0.4) is 0 Å². The van der Waals surface area contributed by atoms with Crippen LogP contribution in [-0.4, -0.2) is 71.1 Å². The van der Waals surface area contributed by atoms with Gasteiger partial charge in [-0.3, -0.25) is 14.5 Å². The van der Waals surface area contributed by atoms with E-state index >= 15 is 0 Å². The molecule has 0 aromatic heterocycles. The second-order valence-electron chi connectivity index (χ2n) is 9.64. The number of aliphatic hydroxyl groups is 1. The van der Waals surface area contributed by atoms with Crippen molar-refractivity contribution in [2.75, 3.05) is 26.7 Å². The van der Waals surface area contributed by atoms with Crippen molar-refractivity contribution in [1.82, 2.24) is 15.1 Å². The molecule has 1 aromatic rings. The van der Waals surface area contributed by atoms with Gasteiger partial charge in [0.2, 0.25) is 11.8 Å². The summed E-state index contributed by atoms with van der Waals surface area (Å²) in [6, 6.07) is 7.22. The summed E-state index contributed by atoms with van der Waals surface area (Å²) in [5, 5.41) is 13.9. The zero-order valence-corrected chi connectivity index (χ0v) is 21.1. The molecule has 1 spiro atoms. The number of allylic oxidation sites excluding steroid dienone is 2. The van der Waals surface area contributed by atoms with Gasteiger partial charge in [0.05, 0.1) is 13.2 Å². The fraction of sp³-hybridized carbons (Fsp3) is 0.615. The van der Waals surface area contributed by atoms with Crippen LogP contribution in [0.25, 0.3) is 0 Å². The monoisotopic (exact) mass is 491 g/mol. The van der Waals surface area contributed by atoms with E-state index in [-0.39, 0.29) is 30.1 Å². The van der Waals surface area contributed by atoms with E-state index in [0.717, 1.165) is 51.1 Å². The molecule has 2 N–H and O–H groups in total. The van der Waals surface area contributed by atoms with Crippen molar-refractivity contribution in [3.05, 3.63) is 42.0 Å². The van der Waals surface area contributed by atoms with E-state index < -0.39 is 17.7 Å². The number of carbonyl (C=O) groups is 2. The van der Waals surface area contributed by atoms with Crippen LogP contribution < -0.4 is 10.1 Å². The fourth-order valence-corrected chi connectivity index (χ4v) is 5.47. The first-order chi connectivity index (χ1) is 16.0. The highest BCUT2D eigenvalue weighted by Crippen LogP contribution is 2.36. The van der Waals surface area contributed by atoms with E-state index in [9.17, 15) is 14.7 Å². The van der Waals surface area contributed by atoms with Crippen LogP contribution in [0.4, 0.5) is 0 Å². The number of halogens is 1. The van der Waals surface area contributed by atoms with E-state index in [4.69, 9.17) is 4.74 Å². The number of rotatable bonds is 8. The lowest BCUT2D eigenvalue weighted by molar-refractivity contribution is -0.165. The van der Waals surface area contributed by atoms with Crippen molar-refractivity contribution in [2.45, 2.75) is 69.7 Å². The van der Waals surface area contributed by atoms with Crippen molar-refractivity contribution in [3.8, 4) is 5.75 Å². The lowest BCUT2D eigenvalue weighted by atomic mass is 9.79. The normalized spacial score (nSPS) is 23.6. The molecule has 34 heavy (non-hydrogen) atoms. The summed E-state index contributed by atoms with van der Waals surface area (Å²) in [4.78, 5) is 31.2. The van der Waals surface area contributed by atoms with E-state index in [1.165, 1.54) is 5.56 Å². The molecule has 2 saturated heterocycles. The van der Waals surface area contributed by atoms with Gasteiger partial charge in [-0.1, -0.05) is 37.6 Å². The minimum atomic E-state index is -0.854. The quantitative estimate of drug-likeness (QED) is 0.546. The molecule has 2 heterocycles. The summed E-state index contributed by atoms with van der Waals surface area (Å²) < 4.78 is 5.24. The largest absolute Gasteiger partial charge is 0.497 e. The molecule has 2 amide bonds. The topological polar surface area (TPSA) is 82.1 Å². The lowest BCUT2D eigenvalue weighted by Crippen LogP contribution is -2.75. The molecule has 4 rings (SSSR count). The van der Waals surface area contributed by atoms with Gasteiger partial charge >= 0.3 is 0 Å². The molecule has 1 aliphatic carbocycles. The first-order valence-electron chi connectivity index (χ1n) is 12.3. The molecule has 1 aromatic carbocycles. The minimum Gasteiger partial charge on any atom is -0.497 e. The number of nitrogens with one attached hydrogen (secondary N) is 1. The van der Waals surface area contributed by atoms with Gasteiger partial charge in [0.25, 0.3) is 0 Å². The van der Waals surface area contributed by atoms with E-state index in [1.807, 2.05) is 29.2 Å². The molecule has 188 valence electrons. The number of unbranched alkanes of at least 4 members (excludes halogenated alkanes) is 1. The molecule has 0 unspecified atom stereocenters. The molecule has 2 atom stereocenters. The molecular formula is C26H38ClN3O4. The third-order valence-electron chi connectivity index (χ3n) is 7.61. The van der Waals surface area contributed by atoms with Gasteiger partial charge in [0.1, 0.15) is 17.3 Å². The third-order valence-corrected chi connectivity index (χ3v) is 7.61. The van der Waals surface area contributed by atoms with Crippen molar-refractivity contribution >= 4 is 24.2 Å². The number of likely N-dealkylation sites (tertiary alicyclic amines) is 1. The van der Waals surface area contributed by atoms with Crippen LogP contribution >= 0.6 is 12.4 Å². The van der Waals surface area contributed by atoms with Gasteiger partial charge in [0.15, 0.2) is 0 Å². The molecule has 7 nitrogen and oxygen atoms in total. The number of methoxy groups -OCH3 is 1. The van der Waals surface area contributed by atoms with Crippen LogP contribution in [0.2, 0.25) is 0 Å². The Hall–Kier alpha value is -2.09. The highest BCUT2D eigenvalue weighted by Gasteiger charge is 2.55. The Bertz CT molecular complexity index is 859. The number of carbonyl (C=O) groups excluding carboxylic acids is 2. The molecule has 0 saturated carbocycles. The summed E-state index contributed by atoms with van der Waals surface area (Å²) in [7, 11) is 1.66. The second-order valence-corrected chi connectivity index (χ2v) is 9.64. The highest BCUT2D eigenvalue weighted by atomic mass is 35.5. The number of piperidine rings is 1. The average Bonchev–Trinajstić information content (AvgIpc) is 3.38. The van der Waals surface area contributed by atoms with E-state index in [0.29, 0.717) is 19.4 Å². The number of amides is 2. The van der Waals surface area contributed by atoms with Crippen LogP contribution in [0, 0.1) is 5.92 Å². The van der Waals surface area contributed by atoms with Crippen molar-refractivity contribution < 1.29 is 19.4 Å². The molecule has 8 heteroatoms. The Morgan fingerprint density at radius 2 is 1.79 bits per heavy atom. The minimum absolute atomic E-state index is 0. The number of aliphatic hydroxyl groups excluding tert-OH is 1. The zero-order valence-electron chi connectivity index (χ0n) is 20.2. The summed E-state index contributed by atoms with van der Waals surface area (Å²) in [6.07, 6.45) is 7.75. The maximum absolute atomic E-state index is 13.6.